The molecule has 2 aromatic rings. The number of nitrogens with zero attached hydrogens (tertiary/aromatic N) is 3. The highest BCUT2D eigenvalue weighted by Crippen LogP contribution is 2.19. The number of rotatable bonds is 3. The van der Waals surface area contributed by atoms with Crippen LogP contribution in [0.5, 0.6) is 0 Å². The van der Waals surface area contributed by atoms with E-state index < -0.39 is 0 Å². The largest absolute Gasteiger partial charge is 0.222 e. The molecule has 2 rings (SSSR count). The fourth-order valence-electron chi connectivity index (χ4n) is 1.78. The minimum Gasteiger partial charge on any atom is -0.222 e. The van der Waals surface area contributed by atoms with Gasteiger partial charge in [0.05, 0.1) is 23.0 Å². The van der Waals surface area contributed by atoms with Crippen molar-refractivity contribution in [1.29, 1.82) is 5.26 Å². The van der Waals surface area contributed by atoms with Gasteiger partial charge in [-0.05, 0) is 42.7 Å². The van der Waals surface area contributed by atoms with E-state index in [9.17, 15) is 0 Å². The Balaban J connectivity index is 2.32. The topological polar surface area (TPSA) is 41.6 Å². The van der Waals surface area contributed by atoms with E-state index in [0.717, 1.165) is 17.8 Å². The Labute approximate surface area is 112 Å². The van der Waals surface area contributed by atoms with Gasteiger partial charge < -0.3 is 0 Å². The van der Waals surface area contributed by atoms with Gasteiger partial charge in [0.15, 0.2) is 0 Å². The van der Waals surface area contributed by atoms with E-state index in [4.69, 9.17) is 16.9 Å². The van der Waals surface area contributed by atoms with Crippen molar-refractivity contribution in [3.63, 3.8) is 0 Å². The van der Waals surface area contributed by atoms with E-state index in [1.807, 2.05) is 18.2 Å². The molecular formula is C14H14ClN3. The zero-order valence-corrected chi connectivity index (χ0v) is 11.1. The molecule has 0 saturated heterocycles. The highest BCUT2D eigenvalue weighted by atomic mass is 35.5. The van der Waals surface area contributed by atoms with Gasteiger partial charge in [0.2, 0.25) is 0 Å². The second kappa shape index (κ2) is 5.24. The van der Waals surface area contributed by atoms with Crippen LogP contribution in [0, 0.1) is 17.2 Å². The quantitative estimate of drug-likeness (QED) is 0.845. The molecule has 3 nitrogen and oxygen atoms in total. The molecule has 4 heteroatoms. The summed E-state index contributed by atoms with van der Waals surface area (Å²) in [6.45, 7) is 4.29. The summed E-state index contributed by atoms with van der Waals surface area (Å²) in [5.41, 5.74) is 2.48. The standard InChI is InChI=1S/C14H14ClN3/c1-10(2)7-12-8-14(15)18(17-12)13-5-3-11(9-16)4-6-13/h3-6,8,10H,7H2,1-2H3. The van der Waals surface area contributed by atoms with Crippen molar-refractivity contribution in [2.75, 3.05) is 0 Å². The van der Waals surface area contributed by atoms with Gasteiger partial charge in [0.1, 0.15) is 5.15 Å². The lowest BCUT2D eigenvalue weighted by Gasteiger charge is -2.03. The lowest BCUT2D eigenvalue weighted by Crippen LogP contribution is -1.99. The van der Waals surface area contributed by atoms with Gasteiger partial charge in [-0.25, -0.2) is 4.68 Å². The maximum absolute atomic E-state index is 8.76. The zero-order valence-electron chi connectivity index (χ0n) is 10.4. The minimum atomic E-state index is 0.547. The molecule has 92 valence electrons. The minimum absolute atomic E-state index is 0.547. The van der Waals surface area contributed by atoms with Crippen LogP contribution in [0.3, 0.4) is 0 Å². The summed E-state index contributed by atoms with van der Waals surface area (Å²) in [4.78, 5) is 0. The summed E-state index contributed by atoms with van der Waals surface area (Å²) >= 11 is 6.17. The summed E-state index contributed by atoms with van der Waals surface area (Å²) in [5, 5.41) is 13.8. The molecule has 0 atom stereocenters. The first-order valence-electron chi connectivity index (χ1n) is 5.85. The number of hydrogen-bond acceptors (Lipinski definition) is 2. The Morgan fingerprint density at radius 1 is 1.33 bits per heavy atom. The maximum Gasteiger partial charge on any atom is 0.133 e. The van der Waals surface area contributed by atoms with E-state index in [0.29, 0.717) is 16.6 Å². The van der Waals surface area contributed by atoms with Gasteiger partial charge in [-0.15, -0.1) is 0 Å². The van der Waals surface area contributed by atoms with Gasteiger partial charge in [0.25, 0.3) is 0 Å². The Hall–Kier alpha value is -1.79. The van der Waals surface area contributed by atoms with Crippen LogP contribution in [0.4, 0.5) is 0 Å². The molecule has 1 heterocycles. The number of nitriles is 1. The van der Waals surface area contributed by atoms with Crippen molar-refractivity contribution in [2.45, 2.75) is 20.3 Å². The van der Waals surface area contributed by atoms with Crippen molar-refractivity contribution >= 4 is 11.6 Å². The molecule has 0 aliphatic rings. The smallest absolute Gasteiger partial charge is 0.133 e. The molecule has 0 spiro atoms. The number of halogens is 1. The van der Waals surface area contributed by atoms with E-state index in [1.54, 1.807) is 16.8 Å². The Bertz CT molecular complexity index is 576. The number of hydrogen-bond donors (Lipinski definition) is 0. The van der Waals surface area contributed by atoms with Crippen LogP contribution in [-0.4, -0.2) is 9.78 Å². The summed E-state index contributed by atoms with van der Waals surface area (Å²) < 4.78 is 1.69. The van der Waals surface area contributed by atoms with Crippen molar-refractivity contribution in [3.8, 4) is 11.8 Å². The van der Waals surface area contributed by atoms with Gasteiger partial charge in [0, 0.05) is 0 Å². The van der Waals surface area contributed by atoms with Crippen molar-refractivity contribution < 1.29 is 0 Å². The van der Waals surface area contributed by atoms with Crippen LogP contribution in [0.15, 0.2) is 30.3 Å². The normalized spacial score (nSPS) is 10.6. The fourth-order valence-corrected chi connectivity index (χ4v) is 2.04. The van der Waals surface area contributed by atoms with Crippen LogP contribution < -0.4 is 0 Å². The molecule has 0 aliphatic carbocycles. The molecule has 0 bridgehead atoms. The monoisotopic (exact) mass is 259 g/mol. The van der Waals surface area contributed by atoms with Crippen LogP contribution >= 0.6 is 11.6 Å². The first kappa shape index (κ1) is 12.7. The van der Waals surface area contributed by atoms with E-state index >= 15 is 0 Å². The summed E-state index contributed by atoms with van der Waals surface area (Å²) in [6, 6.07) is 11.2. The Morgan fingerprint density at radius 3 is 2.56 bits per heavy atom. The first-order chi connectivity index (χ1) is 8.60. The molecule has 1 aromatic heterocycles. The molecule has 0 amide bonds. The van der Waals surface area contributed by atoms with Gasteiger partial charge in [-0.2, -0.15) is 10.4 Å². The lowest BCUT2D eigenvalue weighted by molar-refractivity contribution is 0.628. The predicted molar refractivity (Wildman–Crippen MR) is 71.8 cm³/mol. The zero-order chi connectivity index (χ0) is 13.1. The third-order valence-corrected chi connectivity index (χ3v) is 2.84. The lowest BCUT2D eigenvalue weighted by atomic mass is 10.1. The fraction of sp³-hybridized carbons (Fsp3) is 0.286. The van der Waals surface area contributed by atoms with Crippen molar-refractivity contribution in [2.24, 2.45) is 5.92 Å². The maximum atomic E-state index is 8.76. The second-order valence-electron chi connectivity index (χ2n) is 4.63. The molecular weight excluding hydrogens is 246 g/mol. The predicted octanol–water partition coefficient (Wildman–Crippen LogP) is 3.60. The van der Waals surface area contributed by atoms with E-state index in [1.165, 1.54) is 0 Å². The van der Waals surface area contributed by atoms with Crippen LogP contribution in [0.1, 0.15) is 25.1 Å². The molecule has 0 radical (unpaired) electrons. The average molecular weight is 260 g/mol. The molecule has 0 saturated carbocycles. The third-order valence-electron chi connectivity index (χ3n) is 2.57. The highest BCUT2D eigenvalue weighted by molar-refractivity contribution is 6.29. The van der Waals surface area contributed by atoms with Gasteiger partial charge in [-0.3, -0.25) is 0 Å². The molecule has 1 aromatic carbocycles. The molecule has 0 N–H and O–H groups in total. The van der Waals surface area contributed by atoms with Gasteiger partial charge in [-0.1, -0.05) is 25.4 Å². The first-order valence-corrected chi connectivity index (χ1v) is 6.23. The summed E-state index contributed by atoms with van der Waals surface area (Å²) in [5.74, 6) is 0.547. The van der Waals surface area contributed by atoms with Crippen molar-refractivity contribution in [1.82, 2.24) is 9.78 Å². The van der Waals surface area contributed by atoms with Crippen LogP contribution in [0.2, 0.25) is 5.15 Å². The SMILES string of the molecule is CC(C)Cc1cc(Cl)n(-c2ccc(C#N)cc2)n1. The molecule has 0 fully saturated rings. The molecule has 0 aliphatic heterocycles. The van der Waals surface area contributed by atoms with Crippen LogP contribution in [-0.2, 0) is 6.42 Å². The molecule has 0 unspecified atom stereocenters. The Kier molecular flexibility index (Phi) is 3.69. The number of benzene rings is 1. The van der Waals surface area contributed by atoms with Crippen molar-refractivity contribution in [3.05, 3.63) is 46.7 Å². The summed E-state index contributed by atoms with van der Waals surface area (Å²) in [7, 11) is 0. The van der Waals surface area contributed by atoms with E-state index in [2.05, 4.69) is 25.0 Å². The average Bonchev–Trinajstić information content (AvgIpc) is 2.69. The highest BCUT2D eigenvalue weighted by Gasteiger charge is 2.09. The Morgan fingerprint density at radius 2 is 2.00 bits per heavy atom. The van der Waals surface area contributed by atoms with Gasteiger partial charge >= 0.3 is 0 Å². The molecule has 18 heavy (non-hydrogen) atoms. The second-order valence-corrected chi connectivity index (χ2v) is 5.01. The van der Waals surface area contributed by atoms with E-state index in [-0.39, 0.29) is 0 Å². The summed E-state index contributed by atoms with van der Waals surface area (Å²) in [6.07, 6.45) is 0.906. The number of aromatic nitrogens is 2. The van der Waals surface area contributed by atoms with Crippen LogP contribution in [0.25, 0.3) is 5.69 Å². The third kappa shape index (κ3) is 2.72.